The Balaban J connectivity index is 2.00. The van der Waals surface area contributed by atoms with Crippen LogP contribution in [0.1, 0.15) is 56.1 Å². The van der Waals surface area contributed by atoms with E-state index in [-0.39, 0.29) is 12.8 Å². The normalized spacial score (nSPS) is 20.4. The molecular weight excluding hydrogens is 230 g/mol. The Kier molecular flexibility index (Phi) is 4.15. The third-order valence-corrected chi connectivity index (χ3v) is 3.67. The first-order chi connectivity index (χ1) is 8.61. The minimum atomic E-state index is -2.43. The fourth-order valence-electron chi connectivity index (χ4n) is 2.51. The molecule has 0 unspecified atom stereocenters. The van der Waals surface area contributed by atoms with E-state index in [0.717, 1.165) is 6.42 Å². The van der Waals surface area contributed by atoms with Gasteiger partial charge < -0.3 is 0 Å². The summed E-state index contributed by atoms with van der Waals surface area (Å²) >= 11 is 0. The largest absolute Gasteiger partial charge is 0.248 e. The van der Waals surface area contributed by atoms with Crippen LogP contribution in [-0.4, -0.2) is 5.92 Å². The van der Waals surface area contributed by atoms with Crippen LogP contribution >= 0.6 is 0 Å². The SMILES string of the molecule is CCC=Cc1ccc(C2CCC(F)(F)CC2)cc1. The zero-order valence-electron chi connectivity index (χ0n) is 10.8. The smallest absolute Gasteiger partial charge is 0.207 e. The summed E-state index contributed by atoms with van der Waals surface area (Å²) in [7, 11) is 0. The van der Waals surface area contributed by atoms with Crippen molar-refractivity contribution in [2.75, 3.05) is 0 Å². The van der Waals surface area contributed by atoms with Gasteiger partial charge in [-0.05, 0) is 36.3 Å². The molecule has 1 saturated carbocycles. The maximum Gasteiger partial charge on any atom is 0.248 e. The van der Waals surface area contributed by atoms with Gasteiger partial charge in [-0.15, -0.1) is 0 Å². The van der Waals surface area contributed by atoms with Gasteiger partial charge >= 0.3 is 0 Å². The van der Waals surface area contributed by atoms with Gasteiger partial charge in [-0.1, -0.05) is 43.3 Å². The number of alkyl halides is 2. The number of benzene rings is 1. The van der Waals surface area contributed by atoms with Crippen molar-refractivity contribution in [2.24, 2.45) is 0 Å². The van der Waals surface area contributed by atoms with E-state index in [1.165, 1.54) is 11.1 Å². The second kappa shape index (κ2) is 5.64. The Morgan fingerprint density at radius 3 is 2.33 bits per heavy atom. The molecule has 2 rings (SSSR count). The van der Waals surface area contributed by atoms with Gasteiger partial charge in [-0.2, -0.15) is 0 Å². The maximum atomic E-state index is 13.1. The predicted octanol–water partition coefficient (Wildman–Crippen LogP) is 5.40. The second-order valence-electron chi connectivity index (χ2n) is 5.11. The van der Waals surface area contributed by atoms with E-state index in [4.69, 9.17) is 0 Å². The van der Waals surface area contributed by atoms with Crippen LogP contribution in [0.15, 0.2) is 30.3 Å². The number of hydrogen-bond acceptors (Lipinski definition) is 0. The number of halogens is 2. The van der Waals surface area contributed by atoms with E-state index >= 15 is 0 Å². The van der Waals surface area contributed by atoms with Gasteiger partial charge in [0.1, 0.15) is 0 Å². The molecule has 1 aromatic carbocycles. The molecule has 0 saturated heterocycles. The summed E-state index contributed by atoms with van der Waals surface area (Å²) in [5.74, 6) is -2.12. The van der Waals surface area contributed by atoms with Gasteiger partial charge in [0.05, 0.1) is 0 Å². The van der Waals surface area contributed by atoms with Gasteiger partial charge in [0.15, 0.2) is 0 Å². The zero-order valence-corrected chi connectivity index (χ0v) is 10.8. The average Bonchev–Trinajstić information content (AvgIpc) is 2.37. The van der Waals surface area contributed by atoms with Crippen molar-refractivity contribution in [3.05, 3.63) is 41.5 Å². The number of hydrogen-bond donors (Lipinski definition) is 0. The highest BCUT2D eigenvalue weighted by Gasteiger charge is 2.35. The quantitative estimate of drug-likeness (QED) is 0.673. The summed E-state index contributed by atoms with van der Waals surface area (Å²) in [4.78, 5) is 0. The van der Waals surface area contributed by atoms with Crippen LogP contribution in [-0.2, 0) is 0 Å². The van der Waals surface area contributed by atoms with Crippen LogP contribution in [0.4, 0.5) is 8.78 Å². The molecule has 0 radical (unpaired) electrons. The highest BCUT2D eigenvalue weighted by atomic mass is 19.3. The Bertz CT molecular complexity index is 394. The molecule has 98 valence electrons. The predicted molar refractivity (Wildman–Crippen MR) is 71.9 cm³/mol. The van der Waals surface area contributed by atoms with Crippen LogP contribution in [0.2, 0.25) is 0 Å². The molecule has 0 atom stereocenters. The molecule has 0 nitrogen and oxygen atoms in total. The van der Waals surface area contributed by atoms with E-state index in [9.17, 15) is 8.78 Å². The van der Waals surface area contributed by atoms with Crippen molar-refractivity contribution in [3.8, 4) is 0 Å². The molecule has 0 bridgehead atoms. The molecule has 1 fully saturated rings. The minimum absolute atomic E-state index is 0.0369. The Morgan fingerprint density at radius 1 is 1.17 bits per heavy atom. The fourth-order valence-corrected chi connectivity index (χ4v) is 2.51. The molecule has 18 heavy (non-hydrogen) atoms. The van der Waals surface area contributed by atoms with Gasteiger partial charge in [0.2, 0.25) is 5.92 Å². The third-order valence-electron chi connectivity index (χ3n) is 3.67. The van der Waals surface area contributed by atoms with Gasteiger partial charge in [0, 0.05) is 12.8 Å². The van der Waals surface area contributed by atoms with Gasteiger partial charge in [0.25, 0.3) is 0 Å². The standard InChI is InChI=1S/C16H20F2/c1-2-3-4-13-5-7-14(8-6-13)15-9-11-16(17,18)12-10-15/h3-8,15H,2,9-12H2,1H3. The molecule has 0 amide bonds. The van der Waals surface area contributed by atoms with Crippen molar-refractivity contribution in [2.45, 2.75) is 50.9 Å². The molecule has 0 heterocycles. The summed E-state index contributed by atoms with van der Waals surface area (Å²) in [5, 5.41) is 0. The highest BCUT2D eigenvalue weighted by molar-refractivity contribution is 5.49. The second-order valence-corrected chi connectivity index (χ2v) is 5.11. The van der Waals surface area contributed by atoms with Crippen LogP contribution < -0.4 is 0 Å². The molecule has 0 spiro atoms. The topological polar surface area (TPSA) is 0 Å². The third kappa shape index (κ3) is 3.41. The van der Waals surface area contributed by atoms with Crippen LogP contribution in [0.3, 0.4) is 0 Å². The molecule has 0 N–H and O–H groups in total. The average molecular weight is 250 g/mol. The van der Waals surface area contributed by atoms with Crippen molar-refractivity contribution in [1.82, 2.24) is 0 Å². The van der Waals surface area contributed by atoms with Crippen molar-refractivity contribution in [3.63, 3.8) is 0 Å². The molecule has 0 aromatic heterocycles. The summed E-state index contributed by atoms with van der Waals surface area (Å²) in [6.07, 6.45) is 6.53. The first kappa shape index (κ1) is 13.3. The first-order valence-corrected chi connectivity index (χ1v) is 6.75. The highest BCUT2D eigenvalue weighted by Crippen LogP contribution is 2.40. The van der Waals surface area contributed by atoms with Crippen LogP contribution in [0.5, 0.6) is 0 Å². The summed E-state index contributed by atoms with van der Waals surface area (Å²) in [6, 6.07) is 8.33. The van der Waals surface area contributed by atoms with Gasteiger partial charge in [-0.3, -0.25) is 0 Å². The molecule has 1 aromatic rings. The van der Waals surface area contributed by atoms with Crippen molar-refractivity contribution >= 4 is 6.08 Å². The summed E-state index contributed by atoms with van der Waals surface area (Å²) < 4.78 is 26.2. The van der Waals surface area contributed by atoms with E-state index in [2.05, 4.69) is 43.3 Å². The Morgan fingerprint density at radius 2 is 1.78 bits per heavy atom. The van der Waals surface area contributed by atoms with Crippen molar-refractivity contribution in [1.29, 1.82) is 0 Å². The zero-order chi connectivity index (χ0) is 13.0. The lowest BCUT2D eigenvalue weighted by Gasteiger charge is -2.28. The summed E-state index contributed by atoms with van der Waals surface area (Å²) in [6.45, 7) is 2.10. The van der Waals surface area contributed by atoms with E-state index < -0.39 is 5.92 Å². The molecule has 1 aliphatic carbocycles. The lowest BCUT2D eigenvalue weighted by atomic mass is 9.82. The van der Waals surface area contributed by atoms with E-state index in [0.29, 0.717) is 18.8 Å². The minimum Gasteiger partial charge on any atom is -0.207 e. The Labute approximate surface area is 108 Å². The lowest BCUT2D eigenvalue weighted by Crippen LogP contribution is -2.23. The number of rotatable bonds is 3. The van der Waals surface area contributed by atoms with Crippen molar-refractivity contribution < 1.29 is 8.78 Å². The van der Waals surface area contributed by atoms with E-state index in [1.54, 1.807) is 0 Å². The Hall–Kier alpha value is -1.18. The van der Waals surface area contributed by atoms with Gasteiger partial charge in [-0.25, -0.2) is 8.78 Å². The monoisotopic (exact) mass is 250 g/mol. The van der Waals surface area contributed by atoms with Crippen LogP contribution in [0.25, 0.3) is 6.08 Å². The number of allylic oxidation sites excluding steroid dienone is 1. The van der Waals surface area contributed by atoms with E-state index in [1.807, 2.05) is 0 Å². The molecular formula is C16H20F2. The maximum absolute atomic E-state index is 13.1. The fraction of sp³-hybridized carbons (Fsp3) is 0.500. The van der Waals surface area contributed by atoms with Crippen LogP contribution in [0, 0.1) is 0 Å². The molecule has 0 aliphatic heterocycles. The molecule has 2 heteroatoms. The first-order valence-electron chi connectivity index (χ1n) is 6.75. The molecule has 1 aliphatic rings. The lowest BCUT2D eigenvalue weighted by molar-refractivity contribution is -0.0382. The summed E-state index contributed by atoms with van der Waals surface area (Å²) in [5.41, 5.74) is 2.39.